The summed E-state index contributed by atoms with van der Waals surface area (Å²) in [5.41, 5.74) is 0. The molecule has 34 heavy (non-hydrogen) atoms. The van der Waals surface area contributed by atoms with Crippen molar-refractivity contribution in [1.29, 1.82) is 0 Å². The number of sulfonamides is 1. The van der Waals surface area contributed by atoms with E-state index in [0.29, 0.717) is 24.7 Å². The zero-order valence-electron chi connectivity index (χ0n) is 20.2. The van der Waals surface area contributed by atoms with Gasteiger partial charge in [0.05, 0.1) is 18.7 Å². The van der Waals surface area contributed by atoms with E-state index in [1.54, 1.807) is 33.0 Å². The number of nitrogens with zero attached hydrogens (tertiary/aromatic N) is 5. The van der Waals surface area contributed by atoms with Gasteiger partial charge in [0.15, 0.2) is 5.78 Å². The Bertz CT molecular complexity index is 857. The summed E-state index contributed by atoms with van der Waals surface area (Å²) < 4.78 is 22.8. The number of likely N-dealkylation sites (tertiary alicyclic amines) is 2. The maximum Gasteiger partial charge on any atom is 0.326 e. The third kappa shape index (κ3) is 8.67. The van der Waals surface area contributed by atoms with Crippen LogP contribution in [0.3, 0.4) is 0 Å². The second kappa shape index (κ2) is 13.4. The molecule has 0 N–H and O–H groups in total. The molecule has 4 saturated heterocycles. The number of Topliss-reactive ketones (excluding diaryl/α,β-unsaturated/α-hetero) is 1. The number of hydrogen-bond acceptors (Lipinski definition) is 7. The first-order chi connectivity index (χ1) is 15.2. The molecule has 5 amide bonds. The maximum absolute atomic E-state index is 11.0. The van der Waals surface area contributed by atoms with Crippen molar-refractivity contribution in [2.24, 2.45) is 0 Å². The lowest BCUT2D eigenvalue weighted by Gasteiger charge is -2.09. The van der Waals surface area contributed by atoms with Crippen molar-refractivity contribution in [2.75, 3.05) is 60.6 Å². The van der Waals surface area contributed by atoms with E-state index in [2.05, 4.69) is 0 Å². The Balaban J connectivity index is 0.000000426. The van der Waals surface area contributed by atoms with Gasteiger partial charge in [0.2, 0.25) is 21.8 Å². The van der Waals surface area contributed by atoms with E-state index in [1.807, 2.05) is 7.05 Å². The molecule has 0 aliphatic carbocycles. The lowest BCUT2D eigenvalue weighted by Crippen LogP contribution is -2.28. The molecule has 0 aromatic carbocycles. The highest BCUT2D eigenvalue weighted by molar-refractivity contribution is 7.89. The Morgan fingerprint density at radius 1 is 0.824 bits per heavy atom. The number of carbonyl (C=O) groups is 5. The van der Waals surface area contributed by atoms with Crippen molar-refractivity contribution in [3.8, 4) is 0 Å². The van der Waals surface area contributed by atoms with Crippen LogP contribution in [0.2, 0.25) is 0 Å². The van der Waals surface area contributed by atoms with Crippen molar-refractivity contribution in [1.82, 2.24) is 23.9 Å². The molecule has 0 aromatic heterocycles. The van der Waals surface area contributed by atoms with Crippen molar-refractivity contribution in [2.45, 2.75) is 46.1 Å². The molecule has 0 radical (unpaired) electrons. The van der Waals surface area contributed by atoms with E-state index in [-0.39, 0.29) is 43.5 Å². The van der Waals surface area contributed by atoms with Crippen LogP contribution in [-0.4, -0.2) is 129 Å². The fourth-order valence-electron chi connectivity index (χ4n) is 3.20. The van der Waals surface area contributed by atoms with Gasteiger partial charge in [0, 0.05) is 54.7 Å². The van der Waals surface area contributed by atoms with E-state index in [1.165, 1.54) is 21.2 Å². The SMILES string of the molecule is C.CC1C(=O)N(C)C(=O)N1C.CN1CC(=O)CC1=O.CN1CCCC1=O.CN1CCCS1(=O)=O. The van der Waals surface area contributed by atoms with Crippen molar-refractivity contribution in [3.05, 3.63) is 0 Å². The van der Waals surface area contributed by atoms with Crippen molar-refractivity contribution in [3.63, 3.8) is 0 Å². The van der Waals surface area contributed by atoms with Crippen LogP contribution in [0.1, 0.15) is 40.0 Å². The van der Waals surface area contributed by atoms with Gasteiger partial charge in [0.25, 0.3) is 5.91 Å². The minimum absolute atomic E-state index is 0. The van der Waals surface area contributed by atoms with Gasteiger partial charge in [-0.1, -0.05) is 7.43 Å². The summed E-state index contributed by atoms with van der Waals surface area (Å²) in [5, 5.41) is 0. The second-order valence-electron chi connectivity index (χ2n) is 8.34. The molecule has 0 aromatic rings. The van der Waals surface area contributed by atoms with Crippen LogP contribution in [-0.2, 0) is 29.2 Å². The number of ketones is 1. The second-order valence-corrected chi connectivity index (χ2v) is 10.5. The number of carbonyl (C=O) groups excluding carboxylic acids is 5. The van der Waals surface area contributed by atoms with Crippen LogP contribution < -0.4 is 0 Å². The molecule has 1 atom stereocenters. The topological polar surface area (TPSA) is 136 Å². The quantitative estimate of drug-likeness (QED) is 0.330. The monoisotopic (exact) mass is 505 g/mol. The number of likely N-dealkylation sites (N-methyl/N-ethyl adjacent to an activating group) is 3. The van der Waals surface area contributed by atoms with Crippen molar-refractivity contribution >= 4 is 39.6 Å². The molecule has 4 rings (SSSR count). The van der Waals surface area contributed by atoms with E-state index in [0.717, 1.165) is 30.7 Å². The van der Waals surface area contributed by atoms with Crippen LogP contribution in [0.4, 0.5) is 4.79 Å². The Kier molecular flexibility index (Phi) is 12.4. The first kappa shape index (κ1) is 31.5. The molecule has 4 aliphatic heterocycles. The molecule has 0 saturated carbocycles. The van der Waals surface area contributed by atoms with Gasteiger partial charge in [-0.05, 0) is 19.8 Å². The van der Waals surface area contributed by atoms with Crippen LogP contribution in [0.15, 0.2) is 0 Å². The highest BCUT2D eigenvalue weighted by atomic mass is 32.2. The summed E-state index contributed by atoms with van der Waals surface area (Å²) in [7, 11) is 5.41. The summed E-state index contributed by atoms with van der Waals surface area (Å²) in [6, 6.07) is -0.519. The Labute approximate surface area is 202 Å². The largest absolute Gasteiger partial charge is 0.346 e. The average molecular weight is 506 g/mol. The lowest BCUT2D eigenvalue weighted by atomic mass is 10.3. The van der Waals surface area contributed by atoms with E-state index in [4.69, 9.17) is 0 Å². The molecular weight excluding hydrogens is 466 g/mol. The first-order valence-electron chi connectivity index (χ1n) is 10.7. The molecule has 13 heteroatoms. The highest BCUT2D eigenvalue weighted by Gasteiger charge is 2.37. The fraction of sp³-hybridized carbons (Fsp3) is 0.762. The highest BCUT2D eigenvalue weighted by Crippen LogP contribution is 2.12. The average Bonchev–Trinajstić information content (AvgIpc) is 3.41. The number of urea groups is 1. The van der Waals surface area contributed by atoms with E-state index < -0.39 is 10.0 Å². The smallest absolute Gasteiger partial charge is 0.326 e. The number of rotatable bonds is 0. The summed E-state index contributed by atoms with van der Waals surface area (Å²) in [4.78, 5) is 59.1. The molecule has 0 spiro atoms. The standard InChI is InChI=1S/C6H10N2O2.C5H7NO2.C5H9NO.C4H9NO2S.CH4/c1-4-5(9)8(3)6(10)7(4)2;1-6-3-4(7)2-5(6)8;1-6-4-2-3-5(6)7;1-5-3-2-4-8(5,6)7;/h4H,1-3H3;2-3H2,1H3;2-4H2,1H3;2-4H2,1H3;1H4. The van der Waals surface area contributed by atoms with Crippen LogP contribution in [0.5, 0.6) is 0 Å². The lowest BCUT2D eigenvalue weighted by molar-refractivity contribution is -0.127. The van der Waals surface area contributed by atoms with Gasteiger partial charge >= 0.3 is 6.03 Å². The number of hydrogen-bond donors (Lipinski definition) is 0. The zero-order valence-corrected chi connectivity index (χ0v) is 21.1. The van der Waals surface area contributed by atoms with E-state index in [9.17, 15) is 32.4 Å². The Hall–Kier alpha value is -2.54. The summed E-state index contributed by atoms with van der Waals surface area (Å²) in [5.74, 6) is 0.462. The normalized spacial score (nSPS) is 23.7. The fourth-order valence-corrected chi connectivity index (χ4v) is 4.42. The van der Waals surface area contributed by atoms with Gasteiger partial charge < -0.3 is 14.7 Å². The molecule has 4 fully saturated rings. The number of amides is 5. The maximum atomic E-state index is 11.0. The third-order valence-electron chi connectivity index (χ3n) is 5.71. The Morgan fingerprint density at radius 3 is 1.53 bits per heavy atom. The van der Waals surface area contributed by atoms with Gasteiger partial charge in [-0.25, -0.2) is 17.5 Å². The third-order valence-corrected chi connectivity index (χ3v) is 7.64. The predicted molar refractivity (Wildman–Crippen MR) is 127 cm³/mol. The van der Waals surface area contributed by atoms with Gasteiger partial charge in [-0.3, -0.25) is 24.1 Å². The molecule has 0 bridgehead atoms. The minimum atomic E-state index is -2.79. The zero-order chi connectivity index (χ0) is 25.5. The van der Waals surface area contributed by atoms with Crippen LogP contribution in [0, 0.1) is 0 Å². The molecule has 196 valence electrons. The summed E-state index contributed by atoms with van der Waals surface area (Å²) >= 11 is 0. The van der Waals surface area contributed by atoms with Crippen LogP contribution in [0.25, 0.3) is 0 Å². The summed E-state index contributed by atoms with van der Waals surface area (Å²) in [6.45, 7) is 3.67. The Morgan fingerprint density at radius 2 is 1.41 bits per heavy atom. The molecule has 12 nitrogen and oxygen atoms in total. The van der Waals surface area contributed by atoms with Crippen LogP contribution >= 0.6 is 0 Å². The van der Waals surface area contributed by atoms with Crippen molar-refractivity contribution < 1.29 is 32.4 Å². The van der Waals surface area contributed by atoms with Gasteiger partial charge in [-0.2, -0.15) is 0 Å². The first-order valence-corrected chi connectivity index (χ1v) is 12.3. The minimum Gasteiger partial charge on any atom is -0.346 e. The van der Waals surface area contributed by atoms with Gasteiger partial charge in [-0.15, -0.1) is 0 Å². The van der Waals surface area contributed by atoms with E-state index >= 15 is 0 Å². The molecule has 4 heterocycles. The van der Waals surface area contributed by atoms with Gasteiger partial charge in [0.1, 0.15) is 6.04 Å². The molecular formula is C21H39N5O7S. The molecule has 1 unspecified atom stereocenters. The predicted octanol–water partition coefficient (Wildman–Crippen LogP) is -0.157. The number of imide groups is 1. The summed E-state index contributed by atoms with van der Waals surface area (Å²) in [6.07, 6.45) is 2.71. The molecule has 4 aliphatic rings.